The predicted molar refractivity (Wildman–Crippen MR) is 369 cm³/mol. The lowest BCUT2D eigenvalue weighted by molar-refractivity contribution is -0.225. The van der Waals surface area contributed by atoms with Crippen molar-refractivity contribution in [3.05, 3.63) is 83.9 Å². The van der Waals surface area contributed by atoms with Gasteiger partial charge in [-0.25, -0.2) is 4.79 Å². The molecule has 4 unspecified atom stereocenters. The largest absolute Gasteiger partial charge is 0.462 e. The van der Waals surface area contributed by atoms with Gasteiger partial charge >= 0.3 is 47.8 Å². The minimum absolute atomic E-state index is 0.0323. The van der Waals surface area contributed by atoms with Crippen molar-refractivity contribution in [1.29, 1.82) is 0 Å². The van der Waals surface area contributed by atoms with Crippen LogP contribution in [0.4, 0.5) is 0 Å². The van der Waals surface area contributed by atoms with Gasteiger partial charge in [-0.1, -0.05) is 111 Å². The second-order valence-corrected chi connectivity index (χ2v) is 33.2. The van der Waals surface area contributed by atoms with Crippen molar-refractivity contribution in [1.82, 2.24) is 0 Å². The molecule has 4 aromatic rings. The molecule has 4 aliphatic rings. The summed E-state index contributed by atoms with van der Waals surface area (Å²) in [5, 5.41) is 4.15. The van der Waals surface area contributed by atoms with E-state index >= 15 is 0 Å². The summed E-state index contributed by atoms with van der Waals surface area (Å²) in [7, 11) is 0. The lowest BCUT2D eigenvalue weighted by Crippen LogP contribution is -2.63. The Kier molecular flexibility index (Phi) is 24.4. The number of fused-ring (bicyclic) bond motifs is 7. The fourth-order valence-electron chi connectivity index (χ4n) is 16.4. The van der Waals surface area contributed by atoms with Gasteiger partial charge in [0.15, 0.2) is 0 Å². The molecular formula is C80H106O18. The monoisotopic (exact) mass is 1350 g/mol. The van der Waals surface area contributed by atoms with Crippen LogP contribution in [0.15, 0.2) is 72.8 Å². The summed E-state index contributed by atoms with van der Waals surface area (Å²) in [4.78, 5) is 135. The van der Waals surface area contributed by atoms with Gasteiger partial charge in [-0.05, 0) is 178 Å². The average Bonchev–Trinajstić information content (AvgIpc) is 1.33. The molecule has 18 nitrogen and oxygen atoms in total. The van der Waals surface area contributed by atoms with Crippen LogP contribution < -0.4 is 9.47 Å². The minimum Gasteiger partial charge on any atom is -0.462 e. The summed E-state index contributed by atoms with van der Waals surface area (Å²) >= 11 is 0. The molecule has 98 heavy (non-hydrogen) atoms. The Balaban J connectivity index is 1.06. The first kappa shape index (κ1) is 76.3. The lowest BCUT2D eigenvalue weighted by atomic mass is 9.43. The fraction of sp³-hybridized carbons (Fsp3) is 0.625. The maximum absolute atomic E-state index is 14.6. The number of benzene rings is 4. The molecule has 18 heteroatoms. The number of Topliss-reactive ketones (excluding diaryl/α,β-unsaturated/α-hetero) is 2. The summed E-state index contributed by atoms with van der Waals surface area (Å²) in [6, 6.07) is 22.2. The highest BCUT2D eigenvalue weighted by Crippen LogP contribution is 2.69. The standard InChI is InChI=1S/C80H106O18/c1-48(24-29-66(83)91-47-60-58-22-18-16-20-49(58)38-50-21-17-19-23-59(50)60)61-27-28-62-73-63(44-65(80(61,62)15)96-70(87)31-26-54(82)46-76(5,6)7)79(14)37-36-55(41-52(79)42-64(73)95-69(86)33-35-72(89)98-78(11,12)13)94-74(90)51-39-56(92-67(84)30-25-53(81)45-75(2,3)4)43-57(40-51)93-68(85)32-34-71(88)97-77(8,9)10/h16-23,38-40,43,48,52,55,61-65,73H,24-37,41-42,44-47H2,1-15H3/t48-,52?,55-,61-,62?,63?,64-,65+,73?,79+,80-/m1/s1. The Morgan fingerprint density at radius 1 is 0.510 bits per heavy atom. The second kappa shape index (κ2) is 31.4. The molecule has 0 bridgehead atoms. The number of ketones is 2. The summed E-state index contributed by atoms with van der Waals surface area (Å²) < 4.78 is 48.3. The van der Waals surface area contributed by atoms with Gasteiger partial charge in [0.25, 0.3) is 0 Å². The fourth-order valence-corrected chi connectivity index (χ4v) is 16.4. The highest BCUT2D eigenvalue weighted by molar-refractivity contribution is 6.02. The third kappa shape index (κ3) is 20.6. The van der Waals surface area contributed by atoms with E-state index < -0.39 is 82.1 Å². The van der Waals surface area contributed by atoms with E-state index in [0.29, 0.717) is 51.4 Å². The topological polar surface area (TPSA) is 245 Å². The van der Waals surface area contributed by atoms with E-state index in [2.05, 4.69) is 39.0 Å². The van der Waals surface area contributed by atoms with Gasteiger partial charge in [-0.15, -0.1) is 0 Å². The van der Waals surface area contributed by atoms with Gasteiger partial charge in [0, 0.05) is 55.1 Å². The summed E-state index contributed by atoms with van der Waals surface area (Å²) in [6.45, 7) is 28.8. The van der Waals surface area contributed by atoms with Crippen LogP contribution in [0.3, 0.4) is 0 Å². The van der Waals surface area contributed by atoms with Gasteiger partial charge < -0.3 is 37.9 Å². The smallest absolute Gasteiger partial charge is 0.338 e. The normalized spacial score (nSPS) is 24.2. The summed E-state index contributed by atoms with van der Waals surface area (Å²) in [5.74, 6) is -6.26. The van der Waals surface area contributed by atoms with Crippen LogP contribution in [-0.4, -0.2) is 88.8 Å². The maximum atomic E-state index is 14.6. The predicted octanol–water partition coefficient (Wildman–Crippen LogP) is 16.0. The van der Waals surface area contributed by atoms with Crippen LogP contribution in [0, 0.1) is 57.2 Å². The van der Waals surface area contributed by atoms with Crippen LogP contribution >= 0.6 is 0 Å². The molecule has 0 radical (unpaired) electrons. The maximum Gasteiger partial charge on any atom is 0.338 e. The first-order valence-corrected chi connectivity index (χ1v) is 35.4. The lowest BCUT2D eigenvalue weighted by Gasteiger charge is -2.64. The summed E-state index contributed by atoms with van der Waals surface area (Å²) in [5.41, 5.74) is -2.45. The molecule has 0 amide bonds. The average molecular weight is 1360 g/mol. The number of carbonyl (C=O) groups is 10. The highest BCUT2D eigenvalue weighted by Gasteiger charge is 2.68. The molecule has 534 valence electrons. The van der Waals surface area contributed by atoms with E-state index in [1.807, 2.05) is 77.9 Å². The third-order valence-corrected chi connectivity index (χ3v) is 20.5. The van der Waals surface area contributed by atoms with E-state index in [0.717, 1.165) is 33.5 Å². The second-order valence-electron chi connectivity index (χ2n) is 33.2. The Bertz CT molecular complexity index is 3490. The van der Waals surface area contributed by atoms with E-state index in [-0.39, 0.29) is 152 Å². The Labute approximate surface area is 578 Å². The highest BCUT2D eigenvalue weighted by atomic mass is 16.6. The van der Waals surface area contributed by atoms with Crippen LogP contribution in [0.5, 0.6) is 11.5 Å². The van der Waals surface area contributed by atoms with Gasteiger partial charge in [0.1, 0.15) is 59.2 Å². The summed E-state index contributed by atoms with van der Waals surface area (Å²) in [6.07, 6.45) is 1.35. The van der Waals surface area contributed by atoms with Crippen molar-refractivity contribution in [2.24, 2.45) is 57.2 Å². The molecule has 0 aliphatic heterocycles. The quantitative estimate of drug-likeness (QED) is 0.0245. The van der Waals surface area contributed by atoms with Crippen LogP contribution in [-0.2, 0) is 78.2 Å². The van der Waals surface area contributed by atoms with Gasteiger partial charge in [-0.3, -0.25) is 43.2 Å². The molecular weight excluding hydrogens is 1250 g/mol. The van der Waals surface area contributed by atoms with Crippen molar-refractivity contribution in [2.75, 3.05) is 0 Å². The Morgan fingerprint density at radius 2 is 1.01 bits per heavy atom. The molecule has 4 saturated carbocycles. The Hall–Kier alpha value is -7.50. The molecule has 4 aromatic carbocycles. The van der Waals surface area contributed by atoms with E-state index in [1.165, 1.54) is 18.2 Å². The number of rotatable bonds is 26. The zero-order valence-corrected chi connectivity index (χ0v) is 60.6. The van der Waals surface area contributed by atoms with Gasteiger partial charge in [0.05, 0.1) is 44.1 Å². The van der Waals surface area contributed by atoms with Gasteiger partial charge in [-0.2, -0.15) is 0 Å². The van der Waals surface area contributed by atoms with Crippen molar-refractivity contribution in [3.8, 4) is 11.5 Å². The molecule has 0 spiro atoms. The molecule has 0 N–H and O–H groups in total. The molecule has 0 heterocycles. The number of carbonyl (C=O) groups excluding carboxylic acids is 10. The number of hydrogen-bond acceptors (Lipinski definition) is 18. The van der Waals surface area contributed by atoms with Crippen molar-refractivity contribution in [3.63, 3.8) is 0 Å². The van der Waals surface area contributed by atoms with Crippen molar-refractivity contribution < 1.29 is 85.8 Å². The molecule has 0 aromatic heterocycles. The van der Waals surface area contributed by atoms with Crippen LogP contribution in [0.1, 0.15) is 242 Å². The van der Waals surface area contributed by atoms with E-state index in [9.17, 15) is 47.9 Å². The number of esters is 8. The first-order valence-electron chi connectivity index (χ1n) is 35.4. The van der Waals surface area contributed by atoms with E-state index in [1.54, 1.807) is 41.5 Å². The molecule has 4 aliphatic carbocycles. The first-order chi connectivity index (χ1) is 45.7. The molecule has 4 fully saturated rings. The van der Waals surface area contributed by atoms with Gasteiger partial charge in [0.2, 0.25) is 0 Å². The SMILES string of the molecule is C[C@H](CCC(=O)OCc1c2ccccc2cc2ccccc12)[C@H]1CCC2C3C(C[C@H](OC(=O)CCC(=O)CC(C)(C)C)[C@@]21C)[C@@]1(C)CC[C@@H](OC(=O)c2cc(OC(=O)CCC(=O)CC(C)(C)C)cc(OC(=O)CCC(=O)OC(C)(C)C)c2)CC1C[C@H]3OC(=O)CCC(=O)OC(C)(C)C. The zero-order valence-electron chi connectivity index (χ0n) is 60.6. The minimum atomic E-state index is -0.817. The van der Waals surface area contributed by atoms with Crippen LogP contribution in [0.2, 0.25) is 0 Å². The van der Waals surface area contributed by atoms with Crippen LogP contribution in [0.25, 0.3) is 21.5 Å². The molecule has 8 rings (SSSR count). The molecule has 11 atom stereocenters. The number of ether oxygens (including phenoxy) is 8. The zero-order chi connectivity index (χ0) is 71.9. The van der Waals surface area contributed by atoms with Crippen molar-refractivity contribution >= 4 is 80.9 Å². The van der Waals surface area contributed by atoms with E-state index in [4.69, 9.17) is 37.9 Å². The number of hydrogen-bond donors (Lipinski definition) is 0. The molecule has 0 saturated heterocycles. The Morgan fingerprint density at radius 3 is 1.55 bits per heavy atom. The van der Waals surface area contributed by atoms with Crippen molar-refractivity contribution in [2.45, 2.75) is 262 Å². The third-order valence-electron chi connectivity index (χ3n) is 20.5.